The van der Waals surface area contributed by atoms with Crippen LogP contribution in [0.2, 0.25) is 0 Å². The number of hydrogen-bond acceptors (Lipinski definition) is 9. The Kier molecular flexibility index (Phi) is 4.84. The number of aliphatic carboxylic acids is 1. The fourth-order valence-corrected chi connectivity index (χ4v) is 6.75. The normalized spacial score (nSPS) is 23.8. The van der Waals surface area contributed by atoms with Crippen LogP contribution in [0.1, 0.15) is 28.7 Å². The third-order valence-corrected chi connectivity index (χ3v) is 7.66. The third-order valence-electron chi connectivity index (χ3n) is 4.54. The van der Waals surface area contributed by atoms with Gasteiger partial charge in [0.05, 0.1) is 16.3 Å². The number of carboxylic acid groups (broad SMARTS) is 1. The number of aryl methyl sites for hydroxylation is 2. The molecule has 9 nitrogen and oxygen atoms in total. The van der Waals surface area contributed by atoms with Gasteiger partial charge in [-0.15, -0.1) is 5.10 Å². The molecular formula is C16H17N5O4S3. The zero-order valence-electron chi connectivity index (χ0n) is 15.1. The summed E-state index contributed by atoms with van der Waals surface area (Å²) in [5, 5.41) is 23.4. The number of nitrogens with zero attached hydrogens (tertiary/aromatic N) is 5. The van der Waals surface area contributed by atoms with Gasteiger partial charge in [-0.3, -0.25) is 9.69 Å². The second-order valence-electron chi connectivity index (χ2n) is 6.62. The van der Waals surface area contributed by atoms with Gasteiger partial charge in [0.1, 0.15) is 9.96 Å². The van der Waals surface area contributed by atoms with Gasteiger partial charge in [-0.05, 0) is 26.8 Å². The quantitative estimate of drug-likeness (QED) is 0.362. The SMILES string of the molecule is Cc1cc(C)n2nc(C(S)SC3=C(C(=O)O)N4C(=O)[C@H]([C@@H](C)O)[C@H]4S3)nc2n1. The lowest BCUT2D eigenvalue weighted by atomic mass is 9.92. The van der Waals surface area contributed by atoms with Crippen molar-refractivity contribution in [3.63, 3.8) is 0 Å². The summed E-state index contributed by atoms with van der Waals surface area (Å²) in [7, 11) is 0. The fraction of sp³-hybridized carbons (Fsp3) is 0.438. The molecule has 0 spiro atoms. The predicted molar refractivity (Wildman–Crippen MR) is 108 cm³/mol. The minimum Gasteiger partial charge on any atom is -0.477 e. The third kappa shape index (κ3) is 2.98. The maximum Gasteiger partial charge on any atom is 0.354 e. The van der Waals surface area contributed by atoms with Crippen molar-refractivity contribution < 1.29 is 19.8 Å². The van der Waals surface area contributed by atoms with Gasteiger partial charge >= 0.3 is 5.97 Å². The molecule has 1 fully saturated rings. The Morgan fingerprint density at radius 3 is 2.75 bits per heavy atom. The molecular weight excluding hydrogens is 422 g/mol. The number of β-lactam (4-membered cyclic amide) rings is 1. The van der Waals surface area contributed by atoms with E-state index in [1.165, 1.54) is 35.3 Å². The van der Waals surface area contributed by atoms with Gasteiger partial charge in [0.25, 0.3) is 5.78 Å². The van der Waals surface area contributed by atoms with Crippen LogP contribution in [0.25, 0.3) is 5.78 Å². The van der Waals surface area contributed by atoms with Crippen LogP contribution in [-0.4, -0.2) is 58.0 Å². The number of thioether (sulfide) groups is 2. The summed E-state index contributed by atoms with van der Waals surface area (Å²) in [5.41, 5.74) is 1.62. The molecule has 0 aliphatic carbocycles. The molecule has 1 amide bonds. The number of aliphatic hydroxyl groups excluding tert-OH is 1. The van der Waals surface area contributed by atoms with Crippen molar-refractivity contribution in [2.24, 2.45) is 5.92 Å². The van der Waals surface area contributed by atoms with E-state index in [2.05, 4.69) is 27.7 Å². The number of rotatable bonds is 5. The second-order valence-corrected chi connectivity index (χ2v) is 9.98. The van der Waals surface area contributed by atoms with E-state index in [0.29, 0.717) is 15.8 Å². The van der Waals surface area contributed by atoms with Gasteiger partial charge in [0.2, 0.25) is 5.91 Å². The smallest absolute Gasteiger partial charge is 0.354 e. The van der Waals surface area contributed by atoms with Crippen LogP contribution in [-0.2, 0) is 9.59 Å². The number of carbonyl (C=O) groups excluding carboxylic acids is 1. The number of amides is 1. The molecule has 2 aliphatic heterocycles. The summed E-state index contributed by atoms with van der Waals surface area (Å²) in [4.78, 5) is 34.0. The number of carbonyl (C=O) groups is 2. The molecule has 2 N–H and O–H groups in total. The molecule has 2 aromatic heterocycles. The summed E-state index contributed by atoms with van der Waals surface area (Å²) < 4.78 is 1.52. The molecule has 2 aliphatic rings. The summed E-state index contributed by atoms with van der Waals surface area (Å²) in [5.74, 6) is -1.32. The van der Waals surface area contributed by atoms with Gasteiger partial charge in [0, 0.05) is 11.4 Å². The highest BCUT2D eigenvalue weighted by molar-refractivity contribution is 8.26. The lowest BCUT2D eigenvalue weighted by Gasteiger charge is -2.43. The monoisotopic (exact) mass is 439 g/mol. The van der Waals surface area contributed by atoms with Crippen LogP contribution >= 0.6 is 36.2 Å². The van der Waals surface area contributed by atoms with Crippen molar-refractivity contribution in [1.82, 2.24) is 24.5 Å². The summed E-state index contributed by atoms with van der Waals surface area (Å²) in [6, 6.07) is 1.89. The first-order valence-electron chi connectivity index (χ1n) is 8.40. The Labute approximate surface area is 174 Å². The van der Waals surface area contributed by atoms with Gasteiger partial charge in [-0.25, -0.2) is 14.3 Å². The fourth-order valence-electron chi connectivity index (χ4n) is 3.27. The van der Waals surface area contributed by atoms with Crippen LogP contribution < -0.4 is 0 Å². The van der Waals surface area contributed by atoms with E-state index >= 15 is 0 Å². The highest BCUT2D eigenvalue weighted by Crippen LogP contribution is 2.56. The van der Waals surface area contributed by atoms with Crippen LogP contribution in [0, 0.1) is 19.8 Å². The van der Waals surface area contributed by atoms with Crippen molar-refractivity contribution in [1.29, 1.82) is 0 Å². The van der Waals surface area contributed by atoms with E-state index < -0.39 is 27.9 Å². The molecule has 148 valence electrons. The molecule has 1 saturated heterocycles. The molecule has 0 aromatic carbocycles. The molecule has 12 heteroatoms. The Bertz CT molecular complexity index is 1040. The highest BCUT2D eigenvalue weighted by Gasteiger charge is 2.58. The van der Waals surface area contributed by atoms with E-state index in [1.54, 1.807) is 4.52 Å². The molecule has 28 heavy (non-hydrogen) atoms. The van der Waals surface area contributed by atoms with Crippen molar-refractivity contribution in [2.45, 2.75) is 36.8 Å². The van der Waals surface area contributed by atoms with E-state index in [0.717, 1.165) is 11.4 Å². The van der Waals surface area contributed by atoms with Gasteiger partial charge in [-0.1, -0.05) is 23.5 Å². The van der Waals surface area contributed by atoms with Crippen molar-refractivity contribution >= 4 is 53.8 Å². The summed E-state index contributed by atoms with van der Waals surface area (Å²) in [6.07, 6.45) is -0.843. The van der Waals surface area contributed by atoms with Crippen molar-refractivity contribution in [3.8, 4) is 0 Å². The standard InChI is InChI=1S/C16H17N5O4S3/c1-5-4-6(2)21-16(17-5)18-10(19-21)14(26)28-15-9(13(24)25)20-11(23)8(7(3)22)12(20)27-15/h4,7-8,12,14,22,26H,1-3H3,(H,24,25)/t7-,8+,12-,14?/m1/s1. The van der Waals surface area contributed by atoms with E-state index in [4.69, 9.17) is 0 Å². The number of hydrogen-bond donors (Lipinski definition) is 3. The summed E-state index contributed by atoms with van der Waals surface area (Å²) in [6.45, 7) is 5.30. The minimum atomic E-state index is -1.19. The average Bonchev–Trinajstić information content (AvgIpc) is 3.14. The lowest BCUT2D eigenvalue weighted by Crippen LogP contribution is -2.60. The zero-order chi connectivity index (χ0) is 20.3. The molecule has 2 aromatic rings. The predicted octanol–water partition coefficient (Wildman–Crippen LogP) is 1.57. The van der Waals surface area contributed by atoms with Crippen LogP contribution in [0.5, 0.6) is 0 Å². The van der Waals surface area contributed by atoms with Gasteiger partial charge in [-0.2, -0.15) is 17.6 Å². The molecule has 4 heterocycles. The molecule has 0 radical (unpaired) electrons. The Hall–Kier alpha value is -1.76. The Balaban J connectivity index is 1.62. The Morgan fingerprint density at radius 2 is 2.11 bits per heavy atom. The topological polar surface area (TPSA) is 121 Å². The second kappa shape index (κ2) is 6.94. The van der Waals surface area contributed by atoms with Crippen molar-refractivity contribution in [3.05, 3.63) is 33.2 Å². The largest absolute Gasteiger partial charge is 0.477 e. The maximum atomic E-state index is 12.3. The molecule has 4 atom stereocenters. The van der Waals surface area contributed by atoms with E-state index in [1.807, 2.05) is 19.9 Å². The maximum absolute atomic E-state index is 12.3. The molecule has 0 bridgehead atoms. The lowest BCUT2D eigenvalue weighted by molar-refractivity contribution is -0.156. The first-order chi connectivity index (χ1) is 13.2. The van der Waals surface area contributed by atoms with E-state index in [-0.39, 0.29) is 11.6 Å². The number of aliphatic hydroxyl groups is 1. The zero-order valence-corrected chi connectivity index (χ0v) is 17.6. The minimum absolute atomic E-state index is 0.0742. The number of aromatic nitrogens is 4. The number of thiol groups is 1. The number of fused-ring (bicyclic) bond motifs is 2. The highest BCUT2D eigenvalue weighted by atomic mass is 32.2. The average molecular weight is 440 g/mol. The first kappa shape index (κ1) is 19.6. The van der Waals surface area contributed by atoms with Crippen molar-refractivity contribution in [2.75, 3.05) is 0 Å². The molecule has 4 rings (SSSR count). The van der Waals surface area contributed by atoms with Crippen LogP contribution in [0.3, 0.4) is 0 Å². The van der Waals surface area contributed by atoms with Crippen LogP contribution in [0.4, 0.5) is 0 Å². The van der Waals surface area contributed by atoms with Gasteiger partial charge in [0.15, 0.2) is 11.5 Å². The van der Waals surface area contributed by atoms with E-state index in [9.17, 15) is 19.8 Å². The van der Waals surface area contributed by atoms with Gasteiger partial charge < -0.3 is 10.2 Å². The molecule has 1 unspecified atom stereocenters. The van der Waals surface area contributed by atoms with Crippen LogP contribution in [0.15, 0.2) is 16.0 Å². The Morgan fingerprint density at radius 1 is 1.39 bits per heavy atom. The summed E-state index contributed by atoms with van der Waals surface area (Å²) >= 11 is 6.97. The first-order valence-corrected chi connectivity index (χ1v) is 10.7. The molecule has 0 saturated carbocycles. The number of carboxylic acids is 1.